The van der Waals surface area contributed by atoms with Crippen LogP contribution in [-0.4, -0.2) is 55.5 Å². The lowest BCUT2D eigenvalue weighted by molar-refractivity contribution is -0.127. The molecule has 1 saturated heterocycles. The van der Waals surface area contributed by atoms with Crippen LogP contribution in [0.25, 0.3) is 27.7 Å². The summed E-state index contributed by atoms with van der Waals surface area (Å²) in [4.78, 5) is 17.1. The summed E-state index contributed by atoms with van der Waals surface area (Å²) in [7, 11) is 2.09. The van der Waals surface area contributed by atoms with Gasteiger partial charge in [0.1, 0.15) is 11.3 Å². The number of rotatable bonds is 5. The van der Waals surface area contributed by atoms with Crippen molar-refractivity contribution in [1.29, 1.82) is 0 Å². The van der Waals surface area contributed by atoms with Crippen molar-refractivity contribution in [2.24, 2.45) is 0 Å². The Morgan fingerprint density at radius 2 is 1.81 bits per heavy atom. The molecule has 0 spiro atoms. The third-order valence-electron chi connectivity index (χ3n) is 6.27. The highest BCUT2D eigenvalue weighted by Gasteiger charge is 2.21. The van der Waals surface area contributed by atoms with Crippen molar-refractivity contribution >= 4 is 22.4 Å². The van der Waals surface area contributed by atoms with Crippen LogP contribution in [0.5, 0.6) is 5.75 Å². The minimum atomic E-state index is 0.0572. The maximum atomic E-state index is 12.9. The molecule has 1 amide bonds. The Labute approximate surface area is 190 Å². The van der Waals surface area contributed by atoms with Crippen LogP contribution < -0.4 is 4.74 Å². The van der Waals surface area contributed by atoms with Gasteiger partial charge >= 0.3 is 0 Å². The van der Waals surface area contributed by atoms with Crippen LogP contribution in [0.4, 0.5) is 0 Å². The van der Waals surface area contributed by atoms with E-state index in [-0.39, 0.29) is 5.91 Å². The smallest absolute Gasteiger partial charge is 0.246 e. The SMILES string of the molecule is CCOc1c(/C(C)=C/C(=O)N2CCN(C)CC2)cc2c(-c3ccc(C)cc3)coc2c1C. The lowest BCUT2D eigenvalue weighted by atomic mass is 9.96. The number of fused-ring (bicyclic) bond motifs is 1. The molecule has 32 heavy (non-hydrogen) atoms. The van der Waals surface area contributed by atoms with Crippen LogP contribution in [0.2, 0.25) is 0 Å². The lowest BCUT2D eigenvalue weighted by Crippen LogP contribution is -2.46. The highest BCUT2D eigenvalue weighted by molar-refractivity contribution is 6.01. The van der Waals surface area contributed by atoms with Gasteiger partial charge in [-0.3, -0.25) is 4.79 Å². The molecule has 168 valence electrons. The Morgan fingerprint density at radius 1 is 1.12 bits per heavy atom. The Hall–Kier alpha value is -3.05. The highest BCUT2D eigenvalue weighted by Crippen LogP contribution is 2.40. The lowest BCUT2D eigenvalue weighted by Gasteiger charge is -2.31. The number of likely N-dealkylation sites (N-methyl/N-ethyl adjacent to an activating group) is 1. The molecule has 0 unspecified atom stereocenters. The number of allylic oxidation sites excluding steroid dienone is 1. The van der Waals surface area contributed by atoms with E-state index in [9.17, 15) is 4.79 Å². The van der Waals surface area contributed by atoms with Crippen LogP contribution in [0.1, 0.15) is 30.5 Å². The molecule has 0 atom stereocenters. The average Bonchev–Trinajstić information content (AvgIpc) is 3.20. The summed E-state index contributed by atoms with van der Waals surface area (Å²) in [5, 5.41) is 1.03. The number of carbonyl (C=O) groups excluding carboxylic acids is 1. The van der Waals surface area contributed by atoms with Crippen molar-refractivity contribution in [3.05, 3.63) is 59.4 Å². The van der Waals surface area contributed by atoms with Crippen LogP contribution in [0.3, 0.4) is 0 Å². The van der Waals surface area contributed by atoms with E-state index in [1.807, 2.05) is 31.9 Å². The summed E-state index contributed by atoms with van der Waals surface area (Å²) < 4.78 is 12.0. The Bertz CT molecular complexity index is 1150. The van der Waals surface area contributed by atoms with E-state index < -0.39 is 0 Å². The summed E-state index contributed by atoms with van der Waals surface area (Å²) in [5.74, 6) is 0.839. The van der Waals surface area contributed by atoms with Gasteiger partial charge < -0.3 is 19.0 Å². The molecule has 5 nitrogen and oxygen atoms in total. The average molecular weight is 433 g/mol. The standard InChI is InChI=1S/C27H32N2O3/c1-6-31-26-20(4)27-23(24(17-32-27)21-9-7-18(2)8-10-21)16-22(26)19(3)15-25(30)29-13-11-28(5)12-14-29/h7-10,15-17H,6,11-14H2,1-5H3/b19-15+. The number of amides is 1. The Morgan fingerprint density at radius 3 is 2.47 bits per heavy atom. The number of carbonyl (C=O) groups is 1. The van der Waals surface area contributed by atoms with Crippen molar-refractivity contribution in [2.75, 3.05) is 39.8 Å². The number of hydrogen-bond acceptors (Lipinski definition) is 4. The first-order valence-corrected chi connectivity index (χ1v) is 11.3. The van der Waals surface area contributed by atoms with Crippen molar-refractivity contribution in [3.8, 4) is 16.9 Å². The van der Waals surface area contributed by atoms with Crippen LogP contribution in [-0.2, 0) is 4.79 Å². The third kappa shape index (κ3) is 4.30. The molecule has 1 fully saturated rings. The summed E-state index contributed by atoms with van der Waals surface area (Å²) >= 11 is 0. The van der Waals surface area contributed by atoms with Gasteiger partial charge in [-0.25, -0.2) is 0 Å². The number of nitrogens with zero attached hydrogens (tertiary/aromatic N) is 2. The molecule has 1 aliphatic heterocycles. The largest absolute Gasteiger partial charge is 0.493 e. The summed E-state index contributed by atoms with van der Waals surface area (Å²) in [6, 6.07) is 10.6. The van der Waals surface area contributed by atoms with Crippen molar-refractivity contribution in [3.63, 3.8) is 0 Å². The molecular formula is C27H32N2O3. The maximum absolute atomic E-state index is 12.9. The maximum Gasteiger partial charge on any atom is 0.246 e. The molecule has 4 rings (SSSR count). The van der Waals surface area contributed by atoms with Gasteiger partial charge in [0.2, 0.25) is 5.91 Å². The van der Waals surface area contributed by atoms with E-state index >= 15 is 0 Å². The molecule has 0 saturated carbocycles. The molecule has 0 N–H and O–H groups in total. The van der Waals surface area contributed by atoms with Gasteiger partial charge in [-0.1, -0.05) is 29.8 Å². The van der Waals surface area contributed by atoms with Crippen molar-refractivity contribution < 1.29 is 13.9 Å². The molecule has 2 aromatic carbocycles. The number of hydrogen-bond donors (Lipinski definition) is 0. The van der Waals surface area contributed by atoms with Crippen LogP contribution >= 0.6 is 0 Å². The molecule has 5 heteroatoms. The molecule has 0 radical (unpaired) electrons. The first-order valence-electron chi connectivity index (χ1n) is 11.3. The predicted molar refractivity (Wildman–Crippen MR) is 130 cm³/mol. The van der Waals surface area contributed by atoms with E-state index in [0.29, 0.717) is 6.61 Å². The fraction of sp³-hybridized carbons (Fsp3) is 0.370. The van der Waals surface area contributed by atoms with Gasteiger partial charge in [0.15, 0.2) is 0 Å². The van der Waals surface area contributed by atoms with Crippen molar-refractivity contribution in [2.45, 2.75) is 27.7 Å². The van der Waals surface area contributed by atoms with Gasteiger partial charge in [-0.2, -0.15) is 0 Å². The van der Waals surface area contributed by atoms with Gasteiger partial charge in [0, 0.05) is 54.3 Å². The quantitative estimate of drug-likeness (QED) is 0.514. The minimum absolute atomic E-state index is 0.0572. The second kappa shape index (κ2) is 9.21. The number of aryl methyl sites for hydroxylation is 2. The monoisotopic (exact) mass is 432 g/mol. The fourth-order valence-electron chi connectivity index (χ4n) is 4.28. The molecule has 3 aromatic rings. The molecule has 0 bridgehead atoms. The van der Waals surface area contributed by atoms with Crippen LogP contribution in [0, 0.1) is 13.8 Å². The number of benzene rings is 2. The first kappa shape index (κ1) is 22.2. The summed E-state index contributed by atoms with van der Waals surface area (Å²) in [6.45, 7) is 11.9. The van der Waals surface area contributed by atoms with E-state index in [4.69, 9.17) is 9.15 Å². The van der Waals surface area contributed by atoms with E-state index in [2.05, 4.69) is 49.2 Å². The minimum Gasteiger partial charge on any atom is -0.493 e. The molecule has 0 aliphatic carbocycles. The third-order valence-corrected chi connectivity index (χ3v) is 6.27. The van der Waals surface area contributed by atoms with Gasteiger partial charge in [-0.05, 0) is 51.9 Å². The molecule has 2 heterocycles. The number of furan rings is 1. The van der Waals surface area contributed by atoms with Gasteiger partial charge in [0.25, 0.3) is 0 Å². The highest BCUT2D eigenvalue weighted by atomic mass is 16.5. The topological polar surface area (TPSA) is 45.9 Å². The van der Waals surface area contributed by atoms with E-state index in [0.717, 1.165) is 70.7 Å². The zero-order valence-electron chi connectivity index (χ0n) is 19.7. The fourth-order valence-corrected chi connectivity index (χ4v) is 4.28. The molecule has 1 aliphatic rings. The second-order valence-corrected chi connectivity index (χ2v) is 8.66. The van der Waals surface area contributed by atoms with Crippen molar-refractivity contribution in [1.82, 2.24) is 9.80 Å². The van der Waals surface area contributed by atoms with E-state index in [1.54, 1.807) is 6.08 Å². The summed E-state index contributed by atoms with van der Waals surface area (Å²) in [6.07, 6.45) is 3.57. The van der Waals surface area contributed by atoms with E-state index in [1.165, 1.54) is 5.56 Å². The Kier molecular flexibility index (Phi) is 6.38. The normalized spacial score (nSPS) is 15.4. The number of ether oxygens (including phenoxy) is 1. The summed E-state index contributed by atoms with van der Waals surface area (Å²) in [5.41, 5.74) is 7.00. The first-order chi connectivity index (χ1) is 15.4. The molecular weight excluding hydrogens is 400 g/mol. The zero-order valence-corrected chi connectivity index (χ0v) is 19.7. The van der Waals surface area contributed by atoms with Crippen LogP contribution in [0.15, 0.2) is 47.1 Å². The zero-order chi connectivity index (χ0) is 22.8. The van der Waals surface area contributed by atoms with Gasteiger partial charge in [-0.15, -0.1) is 0 Å². The number of piperazine rings is 1. The molecule has 1 aromatic heterocycles. The predicted octanol–water partition coefficient (Wildman–Crippen LogP) is 5.29. The second-order valence-electron chi connectivity index (χ2n) is 8.66. The Balaban J connectivity index is 1.78. The van der Waals surface area contributed by atoms with Gasteiger partial charge in [0.05, 0.1) is 12.9 Å².